The number of ether oxygens (including phenoxy) is 2. The number of thioether (sulfide) groups is 1. The summed E-state index contributed by atoms with van der Waals surface area (Å²) in [5.74, 6) is 1.29. The minimum absolute atomic E-state index is 0.0256. The van der Waals surface area contributed by atoms with E-state index in [1.54, 1.807) is 23.8 Å². The number of anilines is 1. The van der Waals surface area contributed by atoms with Gasteiger partial charge in [0.25, 0.3) is 0 Å². The molecule has 0 bridgehead atoms. The summed E-state index contributed by atoms with van der Waals surface area (Å²) in [6.45, 7) is 9.59. The van der Waals surface area contributed by atoms with E-state index < -0.39 is 0 Å². The Bertz CT molecular complexity index is 1370. The van der Waals surface area contributed by atoms with Crippen LogP contribution in [0.3, 0.4) is 0 Å². The van der Waals surface area contributed by atoms with Crippen molar-refractivity contribution in [2.75, 3.05) is 37.5 Å². The van der Waals surface area contributed by atoms with Crippen LogP contribution in [0.1, 0.15) is 61.2 Å². The molecule has 0 aliphatic carbocycles. The van der Waals surface area contributed by atoms with E-state index in [4.69, 9.17) is 14.6 Å². The Hall–Kier alpha value is -3.30. The summed E-state index contributed by atoms with van der Waals surface area (Å²) in [7, 11) is 1.63. The van der Waals surface area contributed by atoms with Crippen molar-refractivity contribution in [1.82, 2.24) is 15.1 Å². The first-order valence-electron chi connectivity index (χ1n) is 13.8. The average Bonchev–Trinajstić information content (AvgIpc) is 3.57. The van der Waals surface area contributed by atoms with Crippen molar-refractivity contribution >= 4 is 29.4 Å². The van der Waals surface area contributed by atoms with Crippen molar-refractivity contribution in [3.8, 4) is 11.4 Å². The number of amides is 2. The molecule has 1 aromatic heterocycles. The molecule has 0 spiro atoms. The smallest absolute Gasteiger partial charge is 0.240 e. The van der Waals surface area contributed by atoms with Crippen LogP contribution in [0.25, 0.3) is 5.69 Å². The first-order valence-corrected chi connectivity index (χ1v) is 14.9. The molecule has 1 N–H and O–H groups in total. The molecule has 2 amide bonds. The second kappa shape index (κ2) is 11.7. The third-order valence-electron chi connectivity index (χ3n) is 7.44. The first-order chi connectivity index (χ1) is 19.2. The highest BCUT2D eigenvalue weighted by atomic mass is 32.2. The molecular formula is C31H38N4O4S. The van der Waals surface area contributed by atoms with Crippen molar-refractivity contribution < 1.29 is 19.1 Å². The quantitative estimate of drug-likeness (QED) is 0.439. The summed E-state index contributed by atoms with van der Waals surface area (Å²) in [5, 5.41) is 8.03. The van der Waals surface area contributed by atoms with Gasteiger partial charge in [0.15, 0.2) is 0 Å². The molecule has 8 nitrogen and oxygen atoms in total. The Morgan fingerprint density at radius 3 is 2.58 bits per heavy atom. The molecule has 0 radical (unpaired) electrons. The number of nitrogens with one attached hydrogen (secondary N) is 1. The van der Waals surface area contributed by atoms with Gasteiger partial charge >= 0.3 is 0 Å². The van der Waals surface area contributed by atoms with Crippen LogP contribution in [0.2, 0.25) is 0 Å². The number of carbonyl (C=O) groups excluding carboxylic acids is 2. The Kier molecular flexibility index (Phi) is 8.24. The molecule has 2 aromatic carbocycles. The number of aryl methyl sites for hydroxylation is 1. The molecule has 0 saturated carbocycles. The van der Waals surface area contributed by atoms with Gasteiger partial charge in [-0.15, -0.1) is 11.8 Å². The molecule has 1 saturated heterocycles. The molecule has 40 heavy (non-hydrogen) atoms. The van der Waals surface area contributed by atoms with Crippen molar-refractivity contribution in [2.45, 2.75) is 57.3 Å². The highest BCUT2D eigenvalue weighted by Crippen LogP contribution is 2.49. The van der Waals surface area contributed by atoms with E-state index in [1.807, 2.05) is 41.1 Å². The second-order valence-corrected chi connectivity index (χ2v) is 12.5. The molecule has 5 rings (SSSR count). The van der Waals surface area contributed by atoms with Gasteiger partial charge in [0.1, 0.15) is 18.1 Å². The number of hydrogen-bond acceptors (Lipinski definition) is 6. The van der Waals surface area contributed by atoms with Gasteiger partial charge in [0, 0.05) is 24.1 Å². The van der Waals surface area contributed by atoms with E-state index in [9.17, 15) is 9.59 Å². The molecule has 1 fully saturated rings. The third kappa shape index (κ3) is 5.76. The summed E-state index contributed by atoms with van der Waals surface area (Å²) < 4.78 is 12.9. The molecule has 0 unspecified atom stereocenters. The maximum atomic E-state index is 13.8. The van der Waals surface area contributed by atoms with Crippen LogP contribution in [-0.4, -0.2) is 60.3 Å². The number of hydrogen-bond donors (Lipinski definition) is 1. The van der Waals surface area contributed by atoms with E-state index in [0.717, 1.165) is 53.3 Å². The molecule has 212 valence electrons. The Balaban J connectivity index is 1.66. The molecule has 3 aromatic rings. The summed E-state index contributed by atoms with van der Waals surface area (Å²) in [4.78, 5) is 28.7. The highest BCUT2D eigenvalue weighted by molar-refractivity contribution is 8.00. The van der Waals surface area contributed by atoms with E-state index in [1.165, 1.54) is 0 Å². The fourth-order valence-electron chi connectivity index (χ4n) is 5.34. The number of rotatable bonds is 7. The van der Waals surface area contributed by atoms with Crippen LogP contribution in [-0.2, 0) is 19.7 Å². The topological polar surface area (TPSA) is 85.7 Å². The zero-order valence-electron chi connectivity index (χ0n) is 23.9. The van der Waals surface area contributed by atoms with Crippen LogP contribution >= 0.6 is 11.8 Å². The number of nitrogens with zero attached hydrogens (tertiary/aromatic N) is 3. The lowest BCUT2D eigenvalue weighted by Gasteiger charge is -2.25. The average molecular weight is 563 g/mol. The SMILES string of the molecule is COc1ccc(-n2nc(C(C)(C)C)c3c2N(CC(=O)NC[C@@H]2CCCO2)C(=O)CS[C@@H]3c2ccccc2C)cc1. The van der Waals surface area contributed by atoms with Crippen molar-refractivity contribution in [3.05, 3.63) is 70.9 Å². The normalized spacial score (nSPS) is 19.3. The van der Waals surface area contributed by atoms with E-state index in [2.05, 4.69) is 45.1 Å². The Morgan fingerprint density at radius 1 is 1.18 bits per heavy atom. The predicted molar refractivity (Wildman–Crippen MR) is 159 cm³/mol. The lowest BCUT2D eigenvalue weighted by atomic mass is 9.86. The zero-order valence-corrected chi connectivity index (χ0v) is 24.7. The number of carbonyl (C=O) groups is 2. The van der Waals surface area contributed by atoms with Gasteiger partial charge in [0.05, 0.1) is 35.6 Å². The Morgan fingerprint density at radius 2 is 1.93 bits per heavy atom. The molecule has 2 atom stereocenters. The third-order valence-corrected chi connectivity index (χ3v) is 8.68. The standard InChI is InChI=1S/C31H38N4O4S/c1-20-9-6-7-11-24(20)28-27-29(31(2,3)4)33-35(21-12-14-22(38-5)15-13-21)30(27)34(26(37)19-40-28)18-25(36)32-17-23-10-8-16-39-23/h6-7,9,11-15,23,28H,8,10,16-19H2,1-5H3,(H,32,36)/t23-,28+/m0/s1. The first kappa shape index (κ1) is 28.2. The van der Waals surface area contributed by atoms with Crippen molar-refractivity contribution in [3.63, 3.8) is 0 Å². The monoisotopic (exact) mass is 562 g/mol. The maximum absolute atomic E-state index is 13.8. The van der Waals surface area contributed by atoms with Crippen LogP contribution < -0.4 is 15.0 Å². The number of aromatic nitrogens is 2. The molecular weight excluding hydrogens is 524 g/mol. The van der Waals surface area contributed by atoms with E-state index >= 15 is 0 Å². The van der Waals surface area contributed by atoms with Crippen LogP contribution in [0.15, 0.2) is 48.5 Å². The Labute approximate surface area is 240 Å². The van der Waals surface area contributed by atoms with Crippen LogP contribution in [0, 0.1) is 6.92 Å². The summed E-state index contributed by atoms with van der Waals surface area (Å²) in [6, 6.07) is 15.9. The van der Waals surface area contributed by atoms with Crippen molar-refractivity contribution in [1.29, 1.82) is 0 Å². The minimum atomic E-state index is -0.315. The summed E-state index contributed by atoms with van der Waals surface area (Å²) >= 11 is 1.60. The number of benzene rings is 2. The van der Waals surface area contributed by atoms with E-state index in [-0.39, 0.29) is 40.9 Å². The number of fused-ring (bicyclic) bond motifs is 1. The highest BCUT2D eigenvalue weighted by Gasteiger charge is 2.40. The van der Waals surface area contributed by atoms with Crippen LogP contribution in [0.4, 0.5) is 5.82 Å². The summed E-state index contributed by atoms with van der Waals surface area (Å²) in [5.41, 5.74) is 4.65. The largest absolute Gasteiger partial charge is 0.497 e. The fraction of sp³-hybridized carbons (Fsp3) is 0.452. The second-order valence-electron chi connectivity index (χ2n) is 11.4. The predicted octanol–water partition coefficient (Wildman–Crippen LogP) is 4.95. The number of methoxy groups -OCH3 is 1. The molecule has 9 heteroatoms. The van der Waals surface area contributed by atoms with Gasteiger partial charge in [-0.3, -0.25) is 14.5 Å². The van der Waals surface area contributed by atoms with Crippen LogP contribution in [0.5, 0.6) is 5.75 Å². The van der Waals surface area contributed by atoms with Gasteiger partial charge in [-0.25, -0.2) is 4.68 Å². The zero-order chi connectivity index (χ0) is 28.4. The van der Waals surface area contributed by atoms with Gasteiger partial charge < -0.3 is 14.8 Å². The van der Waals surface area contributed by atoms with E-state index in [0.29, 0.717) is 12.4 Å². The van der Waals surface area contributed by atoms with Gasteiger partial charge in [-0.05, 0) is 55.2 Å². The van der Waals surface area contributed by atoms with Gasteiger partial charge in [-0.1, -0.05) is 45.0 Å². The maximum Gasteiger partial charge on any atom is 0.240 e. The lowest BCUT2D eigenvalue weighted by Crippen LogP contribution is -2.44. The fourth-order valence-corrected chi connectivity index (χ4v) is 6.63. The van der Waals surface area contributed by atoms with Gasteiger partial charge in [0.2, 0.25) is 11.8 Å². The molecule has 3 heterocycles. The lowest BCUT2D eigenvalue weighted by molar-refractivity contribution is -0.123. The summed E-state index contributed by atoms with van der Waals surface area (Å²) in [6.07, 6.45) is 1.96. The minimum Gasteiger partial charge on any atom is -0.497 e. The molecule has 2 aliphatic heterocycles. The molecule has 2 aliphatic rings. The van der Waals surface area contributed by atoms with Crippen molar-refractivity contribution in [2.24, 2.45) is 0 Å². The van der Waals surface area contributed by atoms with Gasteiger partial charge in [-0.2, -0.15) is 5.10 Å².